The standard InChI is InChI=1S/C22H30FN5O.HI/c1-24-22(25-10-9-15-13-26-20-8-5-16(23)12-19(15)20)28-18-4-2-3-14(11-18)21(29)27-17-6-7-17;/h5,8,12-14,17-18,26H,2-4,6-7,9-11H2,1H3,(H,27,29)(H2,24,25,28);1H. The van der Waals surface area contributed by atoms with E-state index in [1.807, 2.05) is 6.20 Å². The molecule has 2 saturated carbocycles. The van der Waals surface area contributed by atoms with Crippen molar-refractivity contribution in [2.45, 2.75) is 57.0 Å². The van der Waals surface area contributed by atoms with Crippen molar-refractivity contribution in [2.75, 3.05) is 13.6 Å². The van der Waals surface area contributed by atoms with Crippen molar-refractivity contribution < 1.29 is 9.18 Å². The van der Waals surface area contributed by atoms with Gasteiger partial charge >= 0.3 is 0 Å². The molecular formula is C22H31FIN5O. The van der Waals surface area contributed by atoms with Crippen LogP contribution in [0.1, 0.15) is 44.1 Å². The molecule has 0 bridgehead atoms. The summed E-state index contributed by atoms with van der Waals surface area (Å²) in [7, 11) is 1.76. The molecule has 1 heterocycles. The molecule has 8 heteroatoms. The van der Waals surface area contributed by atoms with Gasteiger partial charge in [-0.2, -0.15) is 0 Å². The fraction of sp³-hybridized carbons (Fsp3) is 0.545. The first-order chi connectivity index (χ1) is 14.1. The van der Waals surface area contributed by atoms with Crippen LogP contribution in [-0.4, -0.2) is 42.5 Å². The maximum Gasteiger partial charge on any atom is 0.223 e. The van der Waals surface area contributed by atoms with Crippen molar-refractivity contribution in [2.24, 2.45) is 10.9 Å². The zero-order valence-electron chi connectivity index (χ0n) is 17.3. The monoisotopic (exact) mass is 527 g/mol. The highest BCUT2D eigenvalue weighted by atomic mass is 127. The van der Waals surface area contributed by atoms with Crippen LogP contribution in [0.15, 0.2) is 29.4 Å². The average molecular weight is 527 g/mol. The Hall–Kier alpha value is -1.84. The molecule has 0 saturated heterocycles. The van der Waals surface area contributed by atoms with Crippen molar-refractivity contribution in [3.63, 3.8) is 0 Å². The van der Waals surface area contributed by atoms with Crippen LogP contribution >= 0.6 is 24.0 Å². The second-order valence-electron chi connectivity index (χ2n) is 8.24. The molecule has 2 aromatic rings. The van der Waals surface area contributed by atoms with Crippen LogP contribution < -0.4 is 16.0 Å². The minimum atomic E-state index is -0.221. The molecule has 2 atom stereocenters. The number of nitrogens with zero attached hydrogens (tertiary/aromatic N) is 1. The first-order valence-electron chi connectivity index (χ1n) is 10.7. The van der Waals surface area contributed by atoms with E-state index in [0.717, 1.165) is 67.4 Å². The quantitative estimate of drug-likeness (QED) is 0.264. The van der Waals surface area contributed by atoms with E-state index in [4.69, 9.17) is 0 Å². The predicted molar refractivity (Wildman–Crippen MR) is 129 cm³/mol. The van der Waals surface area contributed by atoms with E-state index in [2.05, 4.69) is 25.9 Å². The van der Waals surface area contributed by atoms with Crippen LogP contribution in [0.25, 0.3) is 10.9 Å². The van der Waals surface area contributed by atoms with Crippen molar-refractivity contribution in [1.82, 2.24) is 20.9 Å². The predicted octanol–water partition coefficient (Wildman–Crippen LogP) is 3.47. The molecule has 1 amide bonds. The van der Waals surface area contributed by atoms with Gasteiger partial charge in [-0.3, -0.25) is 9.79 Å². The third-order valence-electron chi connectivity index (χ3n) is 5.95. The molecule has 0 aliphatic heterocycles. The summed E-state index contributed by atoms with van der Waals surface area (Å²) in [4.78, 5) is 19.9. The Labute approximate surface area is 193 Å². The lowest BCUT2D eigenvalue weighted by Gasteiger charge is -2.30. The van der Waals surface area contributed by atoms with Crippen molar-refractivity contribution >= 4 is 46.7 Å². The molecule has 1 aromatic carbocycles. The molecule has 4 rings (SSSR count). The van der Waals surface area contributed by atoms with Gasteiger partial charge in [0.25, 0.3) is 0 Å². The fourth-order valence-electron chi connectivity index (χ4n) is 4.17. The number of aromatic amines is 1. The second-order valence-corrected chi connectivity index (χ2v) is 8.24. The Morgan fingerprint density at radius 2 is 2.03 bits per heavy atom. The number of hydrogen-bond acceptors (Lipinski definition) is 2. The van der Waals surface area contributed by atoms with E-state index in [0.29, 0.717) is 12.6 Å². The van der Waals surface area contributed by atoms with Crippen LogP contribution in [0.3, 0.4) is 0 Å². The van der Waals surface area contributed by atoms with Gasteiger partial charge in [0.15, 0.2) is 5.96 Å². The van der Waals surface area contributed by atoms with E-state index in [1.54, 1.807) is 19.2 Å². The summed E-state index contributed by atoms with van der Waals surface area (Å²) in [5.74, 6) is 0.847. The number of nitrogens with one attached hydrogen (secondary N) is 4. The summed E-state index contributed by atoms with van der Waals surface area (Å²) in [6.45, 7) is 0.696. The number of rotatable bonds is 6. The van der Waals surface area contributed by atoms with E-state index >= 15 is 0 Å². The van der Waals surface area contributed by atoms with Crippen LogP contribution in [0.2, 0.25) is 0 Å². The molecule has 0 radical (unpaired) electrons. The van der Waals surface area contributed by atoms with Gasteiger partial charge in [-0.15, -0.1) is 24.0 Å². The van der Waals surface area contributed by atoms with Crippen LogP contribution in [0.5, 0.6) is 0 Å². The van der Waals surface area contributed by atoms with Crippen LogP contribution in [-0.2, 0) is 11.2 Å². The number of hydrogen-bond donors (Lipinski definition) is 4. The highest BCUT2D eigenvalue weighted by Gasteiger charge is 2.31. The van der Waals surface area contributed by atoms with Crippen LogP contribution in [0.4, 0.5) is 4.39 Å². The molecule has 1 aromatic heterocycles. The number of benzene rings is 1. The zero-order chi connectivity index (χ0) is 20.2. The van der Waals surface area contributed by atoms with Crippen molar-refractivity contribution in [1.29, 1.82) is 0 Å². The van der Waals surface area contributed by atoms with Gasteiger partial charge < -0.3 is 20.9 Å². The highest BCUT2D eigenvalue weighted by Crippen LogP contribution is 2.26. The normalized spacial score (nSPS) is 21.7. The Morgan fingerprint density at radius 3 is 2.80 bits per heavy atom. The minimum Gasteiger partial charge on any atom is -0.361 e. The van der Waals surface area contributed by atoms with Gasteiger partial charge in [0.2, 0.25) is 5.91 Å². The lowest BCUT2D eigenvalue weighted by molar-refractivity contribution is -0.126. The third-order valence-corrected chi connectivity index (χ3v) is 5.95. The number of aromatic nitrogens is 1. The molecule has 2 unspecified atom stereocenters. The summed E-state index contributed by atoms with van der Waals surface area (Å²) in [5, 5.41) is 10.9. The first kappa shape index (κ1) is 22.8. The Bertz CT molecular complexity index is 895. The second kappa shape index (κ2) is 10.5. The van der Waals surface area contributed by atoms with E-state index in [9.17, 15) is 9.18 Å². The largest absolute Gasteiger partial charge is 0.361 e. The van der Waals surface area contributed by atoms with Gasteiger partial charge in [-0.25, -0.2) is 4.39 Å². The van der Waals surface area contributed by atoms with Gasteiger partial charge in [0.05, 0.1) is 0 Å². The number of aliphatic imine (C=N–C) groups is 1. The molecule has 4 N–H and O–H groups in total. The van der Waals surface area contributed by atoms with Gasteiger partial charge in [0.1, 0.15) is 5.82 Å². The summed E-state index contributed by atoms with van der Waals surface area (Å²) in [6.07, 6.45) is 8.88. The summed E-state index contributed by atoms with van der Waals surface area (Å²) in [6, 6.07) is 5.48. The summed E-state index contributed by atoms with van der Waals surface area (Å²) in [5.41, 5.74) is 2.03. The number of carbonyl (C=O) groups excluding carboxylic acids is 1. The number of carbonyl (C=O) groups is 1. The zero-order valence-corrected chi connectivity index (χ0v) is 19.7. The molecule has 2 fully saturated rings. The van der Waals surface area contributed by atoms with Gasteiger partial charge in [-0.1, -0.05) is 6.42 Å². The van der Waals surface area contributed by atoms with Gasteiger partial charge in [0, 0.05) is 48.7 Å². The van der Waals surface area contributed by atoms with E-state index < -0.39 is 0 Å². The lowest BCUT2D eigenvalue weighted by atomic mass is 9.85. The number of halogens is 2. The highest BCUT2D eigenvalue weighted by molar-refractivity contribution is 14.0. The fourth-order valence-corrected chi connectivity index (χ4v) is 4.17. The Kier molecular flexibility index (Phi) is 7.96. The molecular weight excluding hydrogens is 496 g/mol. The van der Waals surface area contributed by atoms with Crippen molar-refractivity contribution in [3.05, 3.63) is 35.8 Å². The molecule has 30 heavy (non-hydrogen) atoms. The first-order valence-corrected chi connectivity index (χ1v) is 10.7. The smallest absolute Gasteiger partial charge is 0.223 e. The molecule has 0 spiro atoms. The maximum absolute atomic E-state index is 13.5. The SMILES string of the molecule is CN=C(NCCc1c[nH]c2ccc(F)cc12)NC1CCCC(C(=O)NC2CC2)C1.I. The Balaban J connectivity index is 0.00000256. The number of amides is 1. The summed E-state index contributed by atoms with van der Waals surface area (Å²) < 4.78 is 13.5. The lowest BCUT2D eigenvalue weighted by Crippen LogP contribution is -2.47. The van der Waals surface area contributed by atoms with Crippen molar-refractivity contribution in [3.8, 4) is 0 Å². The van der Waals surface area contributed by atoms with Crippen LogP contribution in [0, 0.1) is 11.7 Å². The summed E-state index contributed by atoms with van der Waals surface area (Å²) >= 11 is 0. The Morgan fingerprint density at radius 1 is 1.20 bits per heavy atom. The van der Waals surface area contributed by atoms with Gasteiger partial charge in [-0.05, 0) is 62.3 Å². The number of fused-ring (bicyclic) bond motifs is 1. The molecule has 2 aliphatic rings. The number of guanidine groups is 1. The molecule has 6 nitrogen and oxygen atoms in total. The topological polar surface area (TPSA) is 81.3 Å². The van der Waals surface area contributed by atoms with E-state index in [-0.39, 0.29) is 47.7 Å². The molecule has 2 aliphatic carbocycles. The minimum absolute atomic E-state index is 0. The maximum atomic E-state index is 13.5. The average Bonchev–Trinajstić information content (AvgIpc) is 3.46. The van der Waals surface area contributed by atoms with E-state index in [1.165, 1.54) is 6.07 Å². The number of H-pyrrole nitrogens is 1. The molecule has 164 valence electrons. The third kappa shape index (κ3) is 5.86.